The maximum atomic E-state index is 12.8. The first kappa shape index (κ1) is 25.8. The molecule has 38 heavy (non-hydrogen) atoms. The summed E-state index contributed by atoms with van der Waals surface area (Å²) in [6.45, 7) is 3.00. The summed E-state index contributed by atoms with van der Waals surface area (Å²) in [4.78, 5) is 30.9. The van der Waals surface area contributed by atoms with Crippen LogP contribution >= 0.6 is 0 Å². The van der Waals surface area contributed by atoms with Gasteiger partial charge in [0.15, 0.2) is 0 Å². The molecule has 2 unspecified atom stereocenters. The van der Waals surface area contributed by atoms with Crippen molar-refractivity contribution in [3.05, 3.63) is 89.3 Å². The van der Waals surface area contributed by atoms with Crippen LogP contribution in [0.2, 0.25) is 0 Å². The monoisotopic (exact) mass is 513 g/mol. The molecular weight excluding hydrogens is 478 g/mol. The van der Waals surface area contributed by atoms with E-state index in [4.69, 9.17) is 9.84 Å². The number of piperidine rings is 1. The highest BCUT2D eigenvalue weighted by atomic mass is 16.5. The summed E-state index contributed by atoms with van der Waals surface area (Å²) in [7, 11) is 0. The van der Waals surface area contributed by atoms with Crippen LogP contribution in [0.15, 0.2) is 88.8 Å². The smallest absolute Gasteiger partial charge is 0.335 e. The summed E-state index contributed by atoms with van der Waals surface area (Å²) >= 11 is 0. The molecule has 4 aliphatic rings. The number of nitrogens with zero attached hydrogens (tertiary/aromatic N) is 2. The Hall–Kier alpha value is -3.87. The Labute approximate surface area is 224 Å². The molecule has 0 radical (unpaired) electrons. The Balaban J connectivity index is 1.09. The van der Waals surface area contributed by atoms with Gasteiger partial charge in [0.05, 0.1) is 24.4 Å². The van der Waals surface area contributed by atoms with Crippen LogP contribution in [0.5, 0.6) is 5.75 Å². The predicted molar refractivity (Wildman–Crippen MR) is 148 cm³/mol. The number of carbonyl (C=O) groups excluding carboxylic acids is 1. The predicted octanol–water partition coefficient (Wildman–Crippen LogP) is 4.91. The quantitative estimate of drug-likeness (QED) is 0.515. The molecule has 1 saturated heterocycles. The first-order valence-corrected chi connectivity index (χ1v) is 13.5. The number of likely N-dealkylation sites (tertiary alicyclic amines) is 1. The zero-order valence-electron chi connectivity index (χ0n) is 21.6. The van der Waals surface area contributed by atoms with Gasteiger partial charge in [-0.3, -0.25) is 9.79 Å². The topological polar surface area (TPSA) is 91.2 Å². The molecule has 0 aromatic heterocycles. The molecule has 7 heteroatoms. The third kappa shape index (κ3) is 6.52. The molecule has 1 fully saturated rings. The second-order valence-electron chi connectivity index (χ2n) is 10.4. The van der Waals surface area contributed by atoms with Crippen molar-refractivity contribution < 1.29 is 19.4 Å². The number of fused-ring (bicyclic) bond motifs is 1. The number of ether oxygens (including phenoxy) is 1. The molecule has 7 nitrogen and oxygen atoms in total. The normalized spacial score (nSPS) is 23.1. The lowest BCUT2D eigenvalue weighted by molar-refractivity contribution is -0.121. The number of nitrogens with one attached hydrogen (secondary N) is 1. The van der Waals surface area contributed by atoms with E-state index in [1.165, 1.54) is 5.57 Å². The van der Waals surface area contributed by atoms with E-state index in [-0.39, 0.29) is 17.4 Å². The van der Waals surface area contributed by atoms with E-state index in [1.54, 1.807) is 30.5 Å². The Morgan fingerprint density at radius 3 is 2.84 bits per heavy atom. The Kier molecular flexibility index (Phi) is 8.22. The minimum atomic E-state index is -0.950. The van der Waals surface area contributed by atoms with E-state index in [9.17, 15) is 9.59 Å². The molecule has 2 atom stereocenters. The van der Waals surface area contributed by atoms with E-state index >= 15 is 0 Å². The minimum absolute atomic E-state index is 0.0275. The van der Waals surface area contributed by atoms with Crippen LogP contribution in [0, 0.1) is 17.8 Å². The molecule has 2 aliphatic carbocycles. The molecule has 0 saturated carbocycles. The van der Waals surface area contributed by atoms with Crippen LogP contribution in [-0.4, -0.2) is 54.3 Å². The van der Waals surface area contributed by atoms with Gasteiger partial charge in [0.25, 0.3) is 0 Å². The van der Waals surface area contributed by atoms with E-state index in [1.807, 2.05) is 6.08 Å². The number of carboxylic acid groups (broad SMARTS) is 1. The molecule has 5 rings (SSSR count). The van der Waals surface area contributed by atoms with Gasteiger partial charge in [-0.05, 0) is 79.4 Å². The highest BCUT2D eigenvalue weighted by Gasteiger charge is 2.27. The maximum absolute atomic E-state index is 12.8. The number of rotatable bonds is 8. The van der Waals surface area contributed by atoms with Gasteiger partial charge in [-0.2, -0.15) is 0 Å². The largest absolute Gasteiger partial charge is 0.493 e. The molecule has 2 heterocycles. The fourth-order valence-corrected chi connectivity index (χ4v) is 5.62. The molecule has 198 valence electrons. The van der Waals surface area contributed by atoms with Gasteiger partial charge in [0.1, 0.15) is 5.75 Å². The zero-order valence-corrected chi connectivity index (χ0v) is 21.6. The van der Waals surface area contributed by atoms with Gasteiger partial charge in [0.2, 0.25) is 5.91 Å². The Bertz CT molecular complexity index is 1230. The fraction of sp³-hybridized carbons (Fsp3) is 0.387. The summed E-state index contributed by atoms with van der Waals surface area (Å²) in [5.41, 5.74) is 3.46. The molecular formula is C31H35N3O4. The minimum Gasteiger partial charge on any atom is -0.493 e. The average Bonchev–Trinajstić information content (AvgIpc) is 3.18. The van der Waals surface area contributed by atoms with Crippen LogP contribution in [0.3, 0.4) is 0 Å². The highest BCUT2D eigenvalue weighted by Crippen LogP contribution is 2.36. The van der Waals surface area contributed by atoms with Gasteiger partial charge in [-0.25, -0.2) is 4.79 Å². The SMILES string of the molecule is O=C(CC1C=CC=C2C=CCCC21)NC1=CC=C(N2CCC(COc3cccc(C(=O)O)c3)CC2)CN=C1. The summed E-state index contributed by atoms with van der Waals surface area (Å²) < 4.78 is 5.89. The van der Waals surface area contributed by atoms with Crippen molar-refractivity contribution in [2.75, 3.05) is 26.2 Å². The van der Waals surface area contributed by atoms with E-state index in [0.29, 0.717) is 37.2 Å². The van der Waals surface area contributed by atoms with Crippen molar-refractivity contribution >= 4 is 18.1 Å². The summed E-state index contributed by atoms with van der Waals surface area (Å²) in [6.07, 6.45) is 21.3. The fourth-order valence-electron chi connectivity index (χ4n) is 5.62. The number of aromatic carboxylic acids is 1. The lowest BCUT2D eigenvalue weighted by Crippen LogP contribution is -2.35. The molecule has 2 aliphatic heterocycles. The number of benzene rings is 1. The Morgan fingerprint density at radius 1 is 1.13 bits per heavy atom. The van der Waals surface area contributed by atoms with Gasteiger partial charge < -0.3 is 20.1 Å². The molecule has 0 spiro atoms. The van der Waals surface area contributed by atoms with Crippen LogP contribution in [0.1, 0.15) is 42.5 Å². The first-order valence-electron chi connectivity index (χ1n) is 13.5. The molecule has 1 aromatic carbocycles. The number of aliphatic imine (C=N–C) groups is 1. The molecule has 2 N–H and O–H groups in total. The van der Waals surface area contributed by atoms with Gasteiger partial charge in [-0.1, -0.05) is 36.4 Å². The second-order valence-corrected chi connectivity index (χ2v) is 10.4. The van der Waals surface area contributed by atoms with Crippen LogP contribution in [0.25, 0.3) is 0 Å². The van der Waals surface area contributed by atoms with E-state index in [0.717, 1.165) is 50.2 Å². The van der Waals surface area contributed by atoms with Gasteiger partial charge in [0, 0.05) is 31.4 Å². The van der Waals surface area contributed by atoms with Crippen molar-refractivity contribution in [2.45, 2.75) is 32.1 Å². The molecule has 1 aromatic rings. The van der Waals surface area contributed by atoms with Crippen molar-refractivity contribution in [1.82, 2.24) is 10.2 Å². The zero-order chi connectivity index (χ0) is 26.3. The maximum Gasteiger partial charge on any atom is 0.335 e. The van der Waals surface area contributed by atoms with Crippen molar-refractivity contribution in [1.29, 1.82) is 0 Å². The molecule has 0 bridgehead atoms. The summed E-state index contributed by atoms with van der Waals surface area (Å²) in [6, 6.07) is 6.64. The number of allylic oxidation sites excluding steroid dienone is 9. The van der Waals surface area contributed by atoms with Crippen LogP contribution in [0.4, 0.5) is 0 Å². The number of hydrogen-bond acceptors (Lipinski definition) is 5. The second kappa shape index (κ2) is 12.1. The number of hydrogen-bond donors (Lipinski definition) is 2. The first-order chi connectivity index (χ1) is 18.5. The third-order valence-electron chi connectivity index (χ3n) is 7.78. The van der Waals surface area contributed by atoms with Crippen molar-refractivity contribution in [2.24, 2.45) is 22.7 Å². The third-order valence-corrected chi connectivity index (χ3v) is 7.78. The average molecular weight is 514 g/mol. The number of carbonyl (C=O) groups is 2. The van der Waals surface area contributed by atoms with Crippen LogP contribution < -0.4 is 10.1 Å². The standard InChI is InChI=1S/C31H35N3O4/c35-30(18-24-7-3-6-23-5-1-2-10-29(23)24)33-26-11-12-27(20-32-19-26)34-15-13-22(14-16-34)21-38-28-9-4-8-25(17-28)31(36)37/h1,3-9,11-12,17,19,22,24,29H,2,10,13-16,18,20-21H2,(H,33,35)(H,36,37). The van der Waals surface area contributed by atoms with Crippen molar-refractivity contribution in [3.8, 4) is 5.75 Å². The number of amides is 1. The number of carboxylic acids is 1. The highest BCUT2D eigenvalue weighted by molar-refractivity contribution is 5.89. The van der Waals surface area contributed by atoms with E-state index in [2.05, 4.69) is 51.7 Å². The lowest BCUT2D eigenvalue weighted by atomic mass is 9.75. The summed E-state index contributed by atoms with van der Waals surface area (Å²) in [5, 5.41) is 12.2. The van der Waals surface area contributed by atoms with Gasteiger partial charge >= 0.3 is 5.97 Å². The van der Waals surface area contributed by atoms with Crippen molar-refractivity contribution in [3.63, 3.8) is 0 Å². The van der Waals surface area contributed by atoms with E-state index < -0.39 is 5.97 Å². The van der Waals surface area contributed by atoms with Crippen LogP contribution in [-0.2, 0) is 4.79 Å². The summed E-state index contributed by atoms with van der Waals surface area (Å²) in [5.74, 6) is 0.765. The lowest BCUT2D eigenvalue weighted by Gasteiger charge is -2.34. The molecule has 1 amide bonds. The Morgan fingerprint density at radius 2 is 2.00 bits per heavy atom. The van der Waals surface area contributed by atoms with Gasteiger partial charge in [-0.15, -0.1) is 0 Å².